The molecule has 1 aromatic carbocycles. The van der Waals surface area contributed by atoms with Gasteiger partial charge in [-0.2, -0.15) is 0 Å². The van der Waals surface area contributed by atoms with Crippen LogP contribution in [0.25, 0.3) is 10.8 Å². The molecule has 0 aliphatic carbocycles. The van der Waals surface area contributed by atoms with Crippen LogP contribution in [0.1, 0.15) is 37.7 Å². The van der Waals surface area contributed by atoms with E-state index in [4.69, 9.17) is 0 Å². The fourth-order valence-electron chi connectivity index (χ4n) is 1.94. The van der Waals surface area contributed by atoms with Crippen molar-refractivity contribution < 1.29 is 4.79 Å². The molecule has 1 aromatic heterocycles. The number of aromatic nitrogens is 1. The predicted octanol–water partition coefficient (Wildman–Crippen LogP) is 3.40. The third kappa shape index (κ3) is 3.53. The van der Waals surface area contributed by atoms with Crippen LogP contribution in [0.5, 0.6) is 0 Å². The van der Waals surface area contributed by atoms with E-state index in [1.54, 1.807) is 6.20 Å². The number of carbonyl (C=O) groups excluding carboxylic acids is 1. The topological polar surface area (TPSA) is 42.0 Å². The Hall–Kier alpha value is -1.90. The minimum absolute atomic E-state index is 0.0962. The summed E-state index contributed by atoms with van der Waals surface area (Å²) in [4.78, 5) is 16.4. The molecule has 1 heterocycles. The minimum atomic E-state index is -0.0962. The summed E-state index contributed by atoms with van der Waals surface area (Å²) in [6.07, 6.45) is 2.63. The van der Waals surface area contributed by atoms with Gasteiger partial charge < -0.3 is 5.32 Å². The first-order valence-corrected chi connectivity index (χ1v) is 6.59. The quantitative estimate of drug-likeness (QED) is 0.914. The number of hydrogen-bond acceptors (Lipinski definition) is 2. The van der Waals surface area contributed by atoms with Crippen molar-refractivity contribution >= 4 is 16.7 Å². The van der Waals surface area contributed by atoms with E-state index in [1.807, 2.05) is 30.3 Å². The Morgan fingerprint density at radius 2 is 1.95 bits per heavy atom. The highest BCUT2D eigenvalue weighted by atomic mass is 16.1. The lowest BCUT2D eigenvalue weighted by atomic mass is 9.92. The molecule has 0 aliphatic heterocycles. The van der Waals surface area contributed by atoms with Gasteiger partial charge in [0.05, 0.1) is 0 Å². The van der Waals surface area contributed by atoms with E-state index in [0.717, 1.165) is 17.2 Å². The van der Waals surface area contributed by atoms with Gasteiger partial charge in [-0.15, -0.1) is 0 Å². The molecule has 0 saturated carbocycles. The third-order valence-electron chi connectivity index (χ3n) is 3.05. The van der Waals surface area contributed by atoms with Crippen molar-refractivity contribution in [2.75, 3.05) is 6.54 Å². The molecule has 0 spiro atoms. The number of hydrogen-bond donors (Lipinski definition) is 1. The van der Waals surface area contributed by atoms with Crippen molar-refractivity contribution in [3.05, 3.63) is 42.2 Å². The Morgan fingerprint density at radius 1 is 1.21 bits per heavy atom. The lowest BCUT2D eigenvalue weighted by Gasteiger charge is -2.18. The molecule has 2 aromatic rings. The van der Waals surface area contributed by atoms with Gasteiger partial charge >= 0.3 is 0 Å². The van der Waals surface area contributed by atoms with Gasteiger partial charge in [-0.25, -0.2) is 0 Å². The fraction of sp³-hybridized carbons (Fsp3) is 0.375. The normalized spacial score (nSPS) is 11.5. The van der Waals surface area contributed by atoms with Crippen molar-refractivity contribution in [1.29, 1.82) is 0 Å². The number of rotatable bonds is 3. The van der Waals surface area contributed by atoms with Crippen molar-refractivity contribution in [1.82, 2.24) is 10.3 Å². The van der Waals surface area contributed by atoms with Crippen LogP contribution in [0.3, 0.4) is 0 Å². The Labute approximate surface area is 114 Å². The molecule has 1 N–H and O–H groups in total. The van der Waals surface area contributed by atoms with Crippen LogP contribution in [0, 0.1) is 5.41 Å². The number of amides is 1. The van der Waals surface area contributed by atoms with Crippen molar-refractivity contribution in [3.63, 3.8) is 0 Å². The predicted molar refractivity (Wildman–Crippen MR) is 78.1 cm³/mol. The lowest BCUT2D eigenvalue weighted by molar-refractivity contribution is 0.0946. The summed E-state index contributed by atoms with van der Waals surface area (Å²) in [6, 6.07) is 9.73. The van der Waals surface area contributed by atoms with Crippen LogP contribution in [-0.4, -0.2) is 17.4 Å². The molecular weight excluding hydrogens is 236 g/mol. The van der Waals surface area contributed by atoms with E-state index in [2.05, 4.69) is 31.1 Å². The highest BCUT2D eigenvalue weighted by molar-refractivity contribution is 6.05. The van der Waals surface area contributed by atoms with E-state index in [0.29, 0.717) is 12.2 Å². The van der Waals surface area contributed by atoms with Crippen LogP contribution >= 0.6 is 0 Å². The van der Waals surface area contributed by atoms with Crippen LogP contribution in [0.2, 0.25) is 0 Å². The Balaban J connectivity index is 2.14. The number of pyridine rings is 1. The maximum atomic E-state index is 12.2. The van der Waals surface area contributed by atoms with Crippen molar-refractivity contribution in [2.45, 2.75) is 27.2 Å². The molecule has 100 valence electrons. The zero-order valence-corrected chi connectivity index (χ0v) is 11.7. The van der Waals surface area contributed by atoms with Gasteiger partial charge in [0.25, 0.3) is 5.91 Å². The third-order valence-corrected chi connectivity index (χ3v) is 3.05. The first-order chi connectivity index (χ1) is 8.97. The molecule has 0 saturated heterocycles. The van der Waals surface area contributed by atoms with E-state index < -0.39 is 0 Å². The Kier molecular flexibility index (Phi) is 3.84. The second-order valence-electron chi connectivity index (χ2n) is 5.95. The average molecular weight is 256 g/mol. The van der Waals surface area contributed by atoms with E-state index in [9.17, 15) is 4.79 Å². The lowest BCUT2D eigenvalue weighted by Crippen LogP contribution is -2.28. The van der Waals surface area contributed by atoms with Gasteiger partial charge in [0.1, 0.15) is 5.69 Å². The monoisotopic (exact) mass is 256 g/mol. The summed E-state index contributed by atoms with van der Waals surface area (Å²) < 4.78 is 0. The largest absolute Gasteiger partial charge is 0.351 e. The molecular formula is C16H20N2O. The molecule has 19 heavy (non-hydrogen) atoms. The van der Waals surface area contributed by atoms with Gasteiger partial charge in [-0.05, 0) is 23.3 Å². The maximum absolute atomic E-state index is 12.2. The molecule has 0 unspecified atom stereocenters. The first kappa shape index (κ1) is 13.5. The molecule has 0 aliphatic rings. The number of carbonyl (C=O) groups is 1. The number of nitrogens with one attached hydrogen (secondary N) is 1. The van der Waals surface area contributed by atoms with Gasteiger partial charge in [-0.1, -0.05) is 45.0 Å². The highest BCUT2D eigenvalue weighted by Gasteiger charge is 2.13. The molecule has 2 rings (SSSR count). The van der Waals surface area contributed by atoms with Crippen molar-refractivity contribution in [2.24, 2.45) is 5.41 Å². The molecule has 0 atom stereocenters. The zero-order chi connectivity index (χ0) is 13.9. The number of fused-ring (bicyclic) bond motifs is 1. The number of benzene rings is 1. The van der Waals surface area contributed by atoms with Crippen LogP contribution in [0.4, 0.5) is 0 Å². The van der Waals surface area contributed by atoms with Gasteiger partial charge in [0.15, 0.2) is 0 Å². The summed E-state index contributed by atoms with van der Waals surface area (Å²) in [5.41, 5.74) is 0.728. The SMILES string of the molecule is CC(C)(C)CCNC(=O)c1nccc2ccccc12. The number of nitrogens with zero attached hydrogens (tertiary/aromatic N) is 1. The fourth-order valence-corrected chi connectivity index (χ4v) is 1.94. The van der Waals surface area contributed by atoms with E-state index in [1.165, 1.54) is 0 Å². The standard InChI is InChI=1S/C16H20N2O/c1-16(2,3)9-11-18-15(19)14-13-7-5-4-6-12(13)8-10-17-14/h4-8,10H,9,11H2,1-3H3,(H,18,19). The highest BCUT2D eigenvalue weighted by Crippen LogP contribution is 2.18. The van der Waals surface area contributed by atoms with Gasteiger partial charge in [0.2, 0.25) is 0 Å². The molecule has 1 amide bonds. The molecule has 0 fully saturated rings. The van der Waals surface area contributed by atoms with Crippen LogP contribution < -0.4 is 5.32 Å². The maximum Gasteiger partial charge on any atom is 0.270 e. The molecule has 3 nitrogen and oxygen atoms in total. The minimum Gasteiger partial charge on any atom is -0.351 e. The van der Waals surface area contributed by atoms with Crippen LogP contribution in [-0.2, 0) is 0 Å². The van der Waals surface area contributed by atoms with Gasteiger partial charge in [-0.3, -0.25) is 9.78 Å². The van der Waals surface area contributed by atoms with E-state index >= 15 is 0 Å². The summed E-state index contributed by atoms with van der Waals surface area (Å²) >= 11 is 0. The second-order valence-corrected chi connectivity index (χ2v) is 5.95. The second kappa shape index (κ2) is 5.39. The average Bonchev–Trinajstić information content (AvgIpc) is 2.36. The molecule has 0 bridgehead atoms. The summed E-state index contributed by atoms with van der Waals surface area (Å²) in [6.45, 7) is 7.16. The van der Waals surface area contributed by atoms with Crippen molar-refractivity contribution in [3.8, 4) is 0 Å². The van der Waals surface area contributed by atoms with Crippen LogP contribution in [0.15, 0.2) is 36.5 Å². The Morgan fingerprint density at radius 3 is 2.68 bits per heavy atom. The summed E-state index contributed by atoms with van der Waals surface area (Å²) in [5, 5.41) is 4.89. The summed E-state index contributed by atoms with van der Waals surface area (Å²) in [7, 11) is 0. The van der Waals surface area contributed by atoms with Gasteiger partial charge in [0, 0.05) is 18.1 Å². The smallest absolute Gasteiger partial charge is 0.270 e. The summed E-state index contributed by atoms with van der Waals surface area (Å²) in [5.74, 6) is -0.0962. The Bertz CT molecular complexity index is 579. The van der Waals surface area contributed by atoms with E-state index in [-0.39, 0.29) is 11.3 Å². The zero-order valence-electron chi connectivity index (χ0n) is 11.7. The molecule has 0 radical (unpaired) electrons. The first-order valence-electron chi connectivity index (χ1n) is 6.59. The molecule has 3 heteroatoms.